The molecule has 1 amide bonds. The fraction of sp³-hybridized carbons (Fsp3) is 0.350. The molecule has 1 atom stereocenters. The molecular weight excluding hydrogens is 384 g/mol. The Balaban J connectivity index is 2.31. The first-order valence-corrected chi connectivity index (χ1v) is 10.9. The smallest absolute Gasteiger partial charge is 0.247 e. The van der Waals surface area contributed by atoms with Crippen LogP contribution in [0, 0.1) is 6.92 Å². The Morgan fingerprint density at radius 2 is 1.67 bits per heavy atom. The maximum absolute atomic E-state index is 12.7. The molecule has 2 rings (SSSR count). The quantitative estimate of drug-likeness (QED) is 0.761. The lowest BCUT2D eigenvalue weighted by Gasteiger charge is -2.29. The van der Waals surface area contributed by atoms with Gasteiger partial charge in [0.25, 0.3) is 0 Å². The van der Waals surface area contributed by atoms with Crippen molar-refractivity contribution < 1.29 is 13.2 Å². The Bertz CT molecular complexity index is 925. The van der Waals surface area contributed by atoms with Gasteiger partial charge in [-0.1, -0.05) is 43.6 Å². The Morgan fingerprint density at radius 1 is 1.07 bits per heavy atom. The number of benzene rings is 2. The van der Waals surface area contributed by atoms with E-state index >= 15 is 0 Å². The number of nitrogens with one attached hydrogen (secondary N) is 1. The third-order valence-electron chi connectivity index (χ3n) is 4.34. The fourth-order valence-corrected chi connectivity index (χ4v) is 4.19. The molecule has 27 heavy (non-hydrogen) atoms. The lowest BCUT2D eigenvalue weighted by molar-refractivity contribution is -0.116. The Labute approximate surface area is 166 Å². The van der Waals surface area contributed by atoms with E-state index < -0.39 is 22.0 Å². The molecule has 5 nitrogen and oxygen atoms in total. The molecule has 0 fully saturated rings. The molecule has 0 saturated heterocycles. The van der Waals surface area contributed by atoms with Gasteiger partial charge in [-0.25, -0.2) is 8.42 Å². The van der Waals surface area contributed by atoms with E-state index in [0.29, 0.717) is 27.9 Å². The topological polar surface area (TPSA) is 66.5 Å². The number of carbonyl (C=O) groups is 1. The zero-order valence-electron chi connectivity index (χ0n) is 16.2. The van der Waals surface area contributed by atoms with E-state index in [9.17, 15) is 13.2 Å². The molecule has 0 aliphatic carbocycles. The van der Waals surface area contributed by atoms with Crippen LogP contribution in [0.25, 0.3) is 0 Å². The normalized spacial score (nSPS) is 12.7. The zero-order valence-corrected chi connectivity index (χ0v) is 17.7. The fourth-order valence-electron chi connectivity index (χ4n) is 2.80. The average Bonchev–Trinajstić information content (AvgIpc) is 2.57. The van der Waals surface area contributed by atoms with Gasteiger partial charge in [0.05, 0.1) is 11.9 Å². The monoisotopic (exact) mass is 408 g/mol. The van der Waals surface area contributed by atoms with Crippen LogP contribution in [0.15, 0.2) is 42.5 Å². The largest absolute Gasteiger partial charge is 0.324 e. The van der Waals surface area contributed by atoms with Crippen LogP contribution in [0.2, 0.25) is 5.02 Å². The zero-order chi connectivity index (χ0) is 20.4. The first-order valence-electron chi connectivity index (χ1n) is 8.67. The SMILES string of the molecule is Cc1ccc(Cl)cc1N([C@@H](C)C(=O)Nc1ccc(C(C)C)cc1)S(C)(=O)=O. The number of carbonyl (C=O) groups excluding carboxylic acids is 1. The second-order valence-electron chi connectivity index (χ2n) is 6.93. The molecule has 0 bridgehead atoms. The molecule has 7 heteroatoms. The van der Waals surface area contributed by atoms with E-state index in [2.05, 4.69) is 19.2 Å². The van der Waals surface area contributed by atoms with Crippen molar-refractivity contribution in [2.24, 2.45) is 0 Å². The Hall–Kier alpha value is -2.05. The van der Waals surface area contributed by atoms with Crippen LogP contribution in [-0.4, -0.2) is 26.6 Å². The first kappa shape index (κ1) is 21.3. The van der Waals surface area contributed by atoms with E-state index in [1.165, 1.54) is 0 Å². The summed E-state index contributed by atoms with van der Waals surface area (Å²) in [4.78, 5) is 12.7. The molecule has 0 saturated carbocycles. The lowest BCUT2D eigenvalue weighted by Crippen LogP contribution is -2.45. The van der Waals surface area contributed by atoms with Crippen LogP contribution in [0.4, 0.5) is 11.4 Å². The van der Waals surface area contributed by atoms with Crippen LogP contribution >= 0.6 is 11.6 Å². The maximum atomic E-state index is 12.7. The van der Waals surface area contributed by atoms with Crippen molar-refractivity contribution in [1.82, 2.24) is 0 Å². The molecule has 0 radical (unpaired) electrons. The lowest BCUT2D eigenvalue weighted by atomic mass is 10.0. The minimum atomic E-state index is -3.70. The predicted molar refractivity (Wildman–Crippen MR) is 112 cm³/mol. The van der Waals surface area contributed by atoms with Crippen LogP contribution in [0.5, 0.6) is 0 Å². The molecule has 0 aliphatic rings. The summed E-state index contributed by atoms with van der Waals surface area (Å²) in [7, 11) is -3.70. The predicted octanol–water partition coefficient (Wildman–Crippen LogP) is 4.57. The number of aryl methyl sites for hydroxylation is 1. The molecule has 1 N–H and O–H groups in total. The molecule has 0 heterocycles. The van der Waals surface area contributed by atoms with Gasteiger partial charge in [0.15, 0.2) is 0 Å². The van der Waals surface area contributed by atoms with Gasteiger partial charge in [0.1, 0.15) is 6.04 Å². The van der Waals surface area contributed by atoms with E-state index in [1.54, 1.807) is 32.0 Å². The van der Waals surface area contributed by atoms with Gasteiger partial charge in [0.2, 0.25) is 15.9 Å². The highest BCUT2D eigenvalue weighted by molar-refractivity contribution is 7.92. The van der Waals surface area contributed by atoms with Gasteiger partial charge in [-0.2, -0.15) is 0 Å². The standard InChI is InChI=1S/C20H25ClN2O3S/c1-13(2)16-7-10-18(11-8-16)22-20(24)15(4)23(27(5,25)26)19-12-17(21)9-6-14(19)3/h6-13,15H,1-5H3,(H,22,24)/t15-/m0/s1. The number of sulfonamides is 1. The molecule has 0 spiro atoms. The summed E-state index contributed by atoms with van der Waals surface area (Å²) >= 11 is 6.04. The van der Waals surface area contributed by atoms with Crippen molar-refractivity contribution in [3.8, 4) is 0 Å². The number of hydrogen-bond donors (Lipinski definition) is 1. The Kier molecular flexibility index (Phi) is 6.54. The van der Waals surface area contributed by atoms with Crippen molar-refractivity contribution in [2.75, 3.05) is 15.9 Å². The number of amides is 1. The molecular formula is C20H25ClN2O3S. The van der Waals surface area contributed by atoms with E-state index in [1.807, 2.05) is 24.3 Å². The minimum absolute atomic E-state index is 0.389. The molecule has 0 aromatic heterocycles. The number of halogens is 1. The number of rotatable bonds is 6. The number of anilines is 2. The molecule has 2 aromatic carbocycles. The van der Waals surface area contributed by atoms with Crippen LogP contribution in [-0.2, 0) is 14.8 Å². The van der Waals surface area contributed by atoms with Gasteiger partial charge < -0.3 is 5.32 Å². The average molecular weight is 409 g/mol. The van der Waals surface area contributed by atoms with Gasteiger partial charge in [0, 0.05) is 10.7 Å². The van der Waals surface area contributed by atoms with Gasteiger partial charge in [-0.15, -0.1) is 0 Å². The van der Waals surface area contributed by atoms with Crippen LogP contribution < -0.4 is 9.62 Å². The van der Waals surface area contributed by atoms with Gasteiger partial charge in [-0.05, 0) is 55.2 Å². The molecule has 0 unspecified atom stereocenters. The highest BCUT2D eigenvalue weighted by atomic mass is 35.5. The van der Waals surface area contributed by atoms with Gasteiger partial charge >= 0.3 is 0 Å². The van der Waals surface area contributed by atoms with E-state index in [4.69, 9.17) is 11.6 Å². The van der Waals surface area contributed by atoms with E-state index in [0.717, 1.165) is 16.1 Å². The number of hydrogen-bond acceptors (Lipinski definition) is 3. The Morgan fingerprint density at radius 3 is 2.19 bits per heavy atom. The third kappa shape index (κ3) is 5.23. The summed E-state index contributed by atoms with van der Waals surface area (Å²) in [6, 6.07) is 11.5. The second kappa shape index (κ2) is 8.31. The highest BCUT2D eigenvalue weighted by Crippen LogP contribution is 2.28. The van der Waals surface area contributed by atoms with Crippen molar-refractivity contribution in [3.05, 3.63) is 58.6 Å². The second-order valence-corrected chi connectivity index (χ2v) is 9.23. The van der Waals surface area contributed by atoms with Crippen LogP contribution in [0.3, 0.4) is 0 Å². The molecule has 2 aromatic rings. The summed E-state index contributed by atoms with van der Waals surface area (Å²) in [6.45, 7) is 7.51. The summed E-state index contributed by atoms with van der Waals surface area (Å²) in [6.07, 6.45) is 1.08. The minimum Gasteiger partial charge on any atom is -0.324 e. The van der Waals surface area contributed by atoms with E-state index in [-0.39, 0.29) is 0 Å². The van der Waals surface area contributed by atoms with Crippen molar-refractivity contribution in [2.45, 2.75) is 39.7 Å². The van der Waals surface area contributed by atoms with Crippen molar-refractivity contribution >= 4 is 38.9 Å². The van der Waals surface area contributed by atoms with Crippen molar-refractivity contribution in [3.63, 3.8) is 0 Å². The number of nitrogens with zero attached hydrogens (tertiary/aromatic N) is 1. The van der Waals surface area contributed by atoms with Crippen molar-refractivity contribution in [1.29, 1.82) is 0 Å². The highest BCUT2D eigenvalue weighted by Gasteiger charge is 2.30. The third-order valence-corrected chi connectivity index (χ3v) is 5.80. The van der Waals surface area contributed by atoms with Crippen LogP contribution in [0.1, 0.15) is 37.8 Å². The summed E-state index contributed by atoms with van der Waals surface area (Å²) in [5.74, 6) is -0.0303. The van der Waals surface area contributed by atoms with Gasteiger partial charge in [-0.3, -0.25) is 9.10 Å². The first-order chi connectivity index (χ1) is 12.5. The molecule has 146 valence electrons. The summed E-state index contributed by atoms with van der Waals surface area (Å²) < 4.78 is 25.9. The molecule has 0 aliphatic heterocycles. The summed E-state index contributed by atoms with van der Waals surface area (Å²) in [5.41, 5.74) is 2.88. The maximum Gasteiger partial charge on any atom is 0.247 e. The summed E-state index contributed by atoms with van der Waals surface area (Å²) in [5, 5.41) is 3.19.